The number of nitrogens with zero attached hydrogens (tertiary/aromatic N) is 1. The minimum atomic E-state index is 0.0337. The van der Waals surface area contributed by atoms with Crippen molar-refractivity contribution in [2.45, 2.75) is 26.2 Å². The molecule has 7 nitrogen and oxygen atoms in total. The predicted molar refractivity (Wildman–Crippen MR) is 118 cm³/mol. The summed E-state index contributed by atoms with van der Waals surface area (Å²) in [6.45, 7) is 3.65. The van der Waals surface area contributed by atoms with Crippen LogP contribution < -0.4 is 16.0 Å². The molecule has 7 heteroatoms. The number of rotatable bonds is 8. The van der Waals surface area contributed by atoms with Crippen molar-refractivity contribution in [2.75, 3.05) is 32.0 Å². The van der Waals surface area contributed by atoms with E-state index in [1.54, 1.807) is 25.1 Å². The van der Waals surface area contributed by atoms with Crippen molar-refractivity contribution in [3.8, 4) is 0 Å². The molecule has 0 aromatic heterocycles. The molecule has 3 rings (SSSR count). The van der Waals surface area contributed by atoms with Crippen LogP contribution in [0.2, 0.25) is 0 Å². The van der Waals surface area contributed by atoms with Crippen molar-refractivity contribution in [3.05, 3.63) is 47.3 Å². The molecule has 0 atom stereocenters. The number of anilines is 1. The third-order valence-electron chi connectivity index (χ3n) is 5.31. The third-order valence-corrected chi connectivity index (χ3v) is 5.31. The third kappa shape index (κ3) is 5.47. The second kappa shape index (κ2) is 9.41. The molecule has 0 bridgehead atoms. The Hall–Kier alpha value is -3.09. The van der Waals surface area contributed by atoms with Crippen LogP contribution in [0.3, 0.4) is 0 Å². The Morgan fingerprint density at radius 2 is 2.14 bits per heavy atom. The van der Waals surface area contributed by atoms with Crippen LogP contribution in [0.5, 0.6) is 0 Å². The highest BCUT2D eigenvalue weighted by molar-refractivity contribution is 6.10. The zero-order chi connectivity index (χ0) is 20.8. The first kappa shape index (κ1) is 20.6. The Balaban J connectivity index is 1.79. The zero-order valence-corrected chi connectivity index (χ0v) is 17.1. The van der Waals surface area contributed by atoms with E-state index in [4.69, 9.17) is 10.8 Å². The molecule has 0 unspecified atom stereocenters. The van der Waals surface area contributed by atoms with E-state index in [0.717, 1.165) is 47.0 Å². The number of amidine groups is 1. The van der Waals surface area contributed by atoms with Gasteiger partial charge in [0.05, 0.1) is 6.54 Å². The highest BCUT2D eigenvalue weighted by Crippen LogP contribution is 2.29. The van der Waals surface area contributed by atoms with Crippen molar-refractivity contribution in [1.82, 2.24) is 15.5 Å². The fraction of sp³-hybridized carbons (Fsp3) is 0.409. The molecule has 1 fully saturated rings. The number of hydrogen-bond donors (Lipinski definition) is 5. The first-order valence-electron chi connectivity index (χ1n) is 10.1. The van der Waals surface area contributed by atoms with Crippen molar-refractivity contribution in [2.24, 2.45) is 5.92 Å². The van der Waals surface area contributed by atoms with E-state index in [0.29, 0.717) is 18.9 Å². The molecule has 0 saturated heterocycles. The topological polar surface area (TPSA) is 104 Å². The van der Waals surface area contributed by atoms with Crippen molar-refractivity contribution < 1.29 is 4.79 Å². The fourth-order valence-electron chi connectivity index (χ4n) is 3.41. The molecule has 1 aromatic carbocycles. The van der Waals surface area contributed by atoms with Crippen LogP contribution in [0.25, 0.3) is 5.57 Å². The summed E-state index contributed by atoms with van der Waals surface area (Å²) in [5, 5.41) is 25.9. The summed E-state index contributed by atoms with van der Waals surface area (Å²) in [5.41, 5.74) is 4.34. The van der Waals surface area contributed by atoms with Gasteiger partial charge in [0.25, 0.3) is 0 Å². The van der Waals surface area contributed by atoms with Gasteiger partial charge in [-0.25, -0.2) is 0 Å². The Kier molecular flexibility index (Phi) is 6.69. The van der Waals surface area contributed by atoms with Crippen LogP contribution in [0, 0.1) is 16.7 Å². The van der Waals surface area contributed by atoms with E-state index >= 15 is 0 Å². The molecular formula is C22H30N6O. The second-order valence-electron chi connectivity index (χ2n) is 7.59. The SMILES string of the molecule is CN/C=C(\C=N)c1cccc(NC(=N)C2=C(NCC3CC3)CCN(C(C)=O)C2)c1. The fourth-order valence-corrected chi connectivity index (χ4v) is 3.41. The largest absolute Gasteiger partial charge is 0.393 e. The van der Waals surface area contributed by atoms with Gasteiger partial charge in [0.2, 0.25) is 5.91 Å². The van der Waals surface area contributed by atoms with Crippen LogP contribution in [-0.4, -0.2) is 49.5 Å². The highest BCUT2D eigenvalue weighted by atomic mass is 16.2. The first-order chi connectivity index (χ1) is 14.0. The maximum absolute atomic E-state index is 11.9. The average Bonchev–Trinajstić information content (AvgIpc) is 3.55. The van der Waals surface area contributed by atoms with Gasteiger partial charge >= 0.3 is 0 Å². The van der Waals surface area contributed by atoms with Crippen LogP contribution in [0.1, 0.15) is 31.7 Å². The Morgan fingerprint density at radius 3 is 2.79 bits per heavy atom. The van der Waals surface area contributed by atoms with Gasteiger partial charge in [-0.15, -0.1) is 0 Å². The monoisotopic (exact) mass is 394 g/mol. The molecule has 2 aliphatic rings. The number of hydrogen-bond acceptors (Lipinski definition) is 5. The van der Waals surface area contributed by atoms with Crippen LogP contribution >= 0.6 is 0 Å². The van der Waals surface area contributed by atoms with Gasteiger partial charge in [-0.3, -0.25) is 10.2 Å². The number of amides is 1. The van der Waals surface area contributed by atoms with E-state index < -0.39 is 0 Å². The maximum atomic E-state index is 11.9. The lowest BCUT2D eigenvalue weighted by molar-refractivity contribution is -0.128. The van der Waals surface area contributed by atoms with Gasteiger partial charge in [0, 0.05) is 68.4 Å². The molecule has 1 saturated carbocycles. The molecule has 1 aliphatic heterocycles. The summed E-state index contributed by atoms with van der Waals surface area (Å²) in [6, 6.07) is 7.67. The molecule has 1 aromatic rings. The van der Waals surface area contributed by atoms with Gasteiger partial charge < -0.3 is 26.3 Å². The Bertz CT molecular complexity index is 853. The predicted octanol–water partition coefficient (Wildman–Crippen LogP) is 2.79. The van der Waals surface area contributed by atoms with E-state index in [1.807, 2.05) is 24.3 Å². The van der Waals surface area contributed by atoms with Crippen molar-refractivity contribution >= 4 is 29.2 Å². The average molecular weight is 395 g/mol. The lowest BCUT2D eigenvalue weighted by Crippen LogP contribution is -2.41. The molecule has 1 amide bonds. The van der Waals surface area contributed by atoms with E-state index in [1.165, 1.54) is 19.1 Å². The minimum absolute atomic E-state index is 0.0337. The van der Waals surface area contributed by atoms with E-state index in [2.05, 4.69) is 16.0 Å². The summed E-state index contributed by atoms with van der Waals surface area (Å²) in [7, 11) is 1.80. The molecule has 29 heavy (non-hydrogen) atoms. The molecule has 154 valence electrons. The lowest BCUT2D eigenvalue weighted by Gasteiger charge is -2.31. The normalized spacial score (nSPS) is 17.0. The summed E-state index contributed by atoms with van der Waals surface area (Å²) in [6.07, 6.45) is 6.36. The minimum Gasteiger partial charge on any atom is -0.393 e. The van der Waals surface area contributed by atoms with Gasteiger partial charge in [-0.2, -0.15) is 0 Å². The summed E-state index contributed by atoms with van der Waals surface area (Å²) in [4.78, 5) is 13.7. The van der Waals surface area contributed by atoms with Crippen LogP contribution in [0.4, 0.5) is 5.69 Å². The zero-order valence-electron chi connectivity index (χ0n) is 17.1. The standard InChI is InChI=1S/C22H30N6O/c1-15(29)28-9-8-21(26-12-16-6-7-16)20(14-28)22(24)27-19-5-3-4-17(10-19)18(11-23)13-25-2/h3-5,10-11,13,16,23,25-26H,6-9,12,14H2,1-2H3,(H2,24,27)/b18-13+,23-11?. The molecule has 0 spiro atoms. The number of carbonyl (C=O) groups is 1. The quantitative estimate of drug-likeness (QED) is 0.345. The van der Waals surface area contributed by atoms with Crippen molar-refractivity contribution in [1.29, 1.82) is 10.8 Å². The molecule has 1 aliphatic carbocycles. The van der Waals surface area contributed by atoms with Crippen molar-refractivity contribution in [3.63, 3.8) is 0 Å². The second-order valence-corrected chi connectivity index (χ2v) is 7.59. The van der Waals surface area contributed by atoms with Gasteiger partial charge in [-0.1, -0.05) is 12.1 Å². The molecule has 0 radical (unpaired) electrons. The Labute approximate surface area is 172 Å². The number of carbonyl (C=O) groups excluding carboxylic acids is 1. The molecule has 1 heterocycles. The summed E-state index contributed by atoms with van der Waals surface area (Å²) in [5.74, 6) is 1.08. The summed E-state index contributed by atoms with van der Waals surface area (Å²) < 4.78 is 0. The van der Waals surface area contributed by atoms with Gasteiger partial charge in [-0.05, 0) is 36.5 Å². The maximum Gasteiger partial charge on any atom is 0.219 e. The number of nitrogens with one attached hydrogen (secondary N) is 5. The molecule has 5 N–H and O–H groups in total. The molecular weight excluding hydrogens is 364 g/mol. The number of allylic oxidation sites excluding steroid dienone is 1. The summed E-state index contributed by atoms with van der Waals surface area (Å²) >= 11 is 0. The van der Waals surface area contributed by atoms with E-state index in [9.17, 15) is 4.79 Å². The van der Waals surface area contributed by atoms with E-state index in [-0.39, 0.29) is 5.91 Å². The van der Waals surface area contributed by atoms with Crippen LogP contribution in [-0.2, 0) is 4.79 Å². The smallest absolute Gasteiger partial charge is 0.219 e. The highest BCUT2D eigenvalue weighted by Gasteiger charge is 2.26. The first-order valence-corrected chi connectivity index (χ1v) is 10.1. The van der Waals surface area contributed by atoms with Crippen LogP contribution in [0.15, 0.2) is 41.7 Å². The van der Waals surface area contributed by atoms with Gasteiger partial charge in [0.15, 0.2) is 0 Å². The lowest BCUT2D eigenvalue weighted by atomic mass is 10.0. The number of benzene rings is 1. The van der Waals surface area contributed by atoms with Gasteiger partial charge in [0.1, 0.15) is 5.84 Å². The Morgan fingerprint density at radius 1 is 1.34 bits per heavy atom.